The van der Waals surface area contributed by atoms with E-state index in [1.165, 1.54) is 9.13 Å². The van der Waals surface area contributed by atoms with E-state index in [2.05, 4.69) is 65.6 Å². The molecule has 58 valence electrons. The highest BCUT2D eigenvalue weighted by Gasteiger charge is 1.86. The summed E-state index contributed by atoms with van der Waals surface area (Å²) < 4.78 is 1.27. The highest BCUT2D eigenvalue weighted by molar-refractivity contribution is 14.1. The van der Waals surface area contributed by atoms with Crippen LogP contribution >= 0.6 is 35.2 Å². The number of benzene rings is 1. The molecular formula is C9H9IS. The summed E-state index contributed by atoms with van der Waals surface area (Å²) in [5.41, 5.74) is 1.24. The van der Waals surface area contributed by atoms with Crippen LogP contribution in [0.25, 0.3) is 6.08 Å². The van der Waals surface area contributed by atoms with Gasteiger partial charge in [0.05, 0.1) is 0 Å². The van der Waals surface area contributed by atoms with Gasteiger partial charge in [0.25, 0.3) is 0 Å². The first-order valence-electron chi connectivity index (χ1n) is 3.36. The molecule has 0 amide bonds. The van der Waals surface area contributed by atoms with E-state index in [0.29, 0.717) is 0 Å². The highest BCUT2D eigenvalue weighted by atomic mass is 127. The summed E-state index contributed by atoms with van der Waals surface area (Å²) in [5, 5.41) is 0. The molecule has 0 spiro atoms. The van der Waals surface area contributed by atoms with E-state index in [1.807, 2.05) is 6.08 Å². The van der Waals surface area contributed by atoms with Crippen molar-refractivity contribution in [3.8, 4) is 0 Å². The predicted molar refractivity (Wildman–Crippen MR) is 62.0 cm³/mol. The molecule has 0 fully saturated rings. The molecule has 1 aromatic carbocycles. The van der Waals surface area contributed by atoms with E-state index < -0.39 is 0 Å². The van der Waals surface area contributed by atoms with Crippen molar-refractivity contribution in [1.82, 2.24) is 0 Å². The van der Waals surface area contributed by atoms with Crippen molar-refractivity contribution in [2.75, 3.05) is 5.75 Å². The van der Waals surface area contributed by atoms with Crippen LogP contribution in [0.2, 0.25) is 0 Å². The molecule has 11 heavy (non-hydrogen) atoms. The normalized spacial score (nSPS) is 10.7. The molecule has 0 saturated heterocycles. The summed E-state index contributed by atoms with van der Waals surface area (Å²) >= 11 is 6.39. The fourth-order valence-corrected chi connectivity index (χ4v) is 1.47. The minimum atomic E-state index is 0.797. The maximum atomic E-state index is 4.09. The van der Waals surface area contributed by atoms with Gasteiger partial charge < -0.3 is 0 Å². The Hall–Kier alpha value is 0.0400. The minimum absolute atomic E-state index is 0.797. The van der Waals surface area contributed by atoms with Crippen molar-refractivity contribution < 1.29 is 0 Å². The van der Waals surface area contributed by atoms with Gasteiger partial charge in [-0.1, -0.05) is 24.3 Å². The Bertz CT molecular complexity index is 255. The molecule has 2 heteroatoms. The van der Waals surface area contributed by atoms with E-state index in [9.17, 15) is 0 Å². The van der Waals surface area contributed by atoms with Crippen LogP contribution in [0.1, 0.15) is 5.56 Å². The average molecular weight is 276 g/mol. The summed E-state index contributed by atoms with van der Waals surface area (Å²) in [6.07, 6.45) is 4.11. The van der Waals surface area contributed by atoms with Gasteiger partial charge in [0, 0.05) is 9.32 Å². The Labute approximate surface area is 86.3 Å². The molecule has 0 aliphatic heterocycles. The Kier molecular flexibility index (Phi) is 4.01. The molecule has 0 atom stereocenters. The molecule has 0 unspecified atom stereocenters. The zero-order chi connectivity index (χ0) is 8.10. The lowest BCUT2D eigenvalue weighted by molar-refractivity contribution is 1.60. The Morgan fingerprint density at radius 1 is 1.45 bits per heavy atom. The molecule has 0 aliphatic rings. The Morgan fingerprint density at radius 3 is 2.91 bits per heavy atom. The molecular weight excluding hydrogens is 267 g/mol. The molecule has 0 saturated carbocycles. The largest absolute Gasteiger partial charge is 0.175 e. The zero-order valence-corrected chi connectivity index (χ0v) is 9.05. The Balaban J connectivity index is 2.79. The van der Waals surface area contributed by atoms with Crippen LogP contribution in [0.15, 0.2) is 30.3 Å². The number of thiol groups is 1. The molecule has 1 rings (SSSR count). The quantitative estimate of drug-likeness (QED) is 0.622. The number of halogens is 1. The van der Waals surface area contributed by atoms with Crippen molar-refractivity contribution in [3.63, 3.8) is 0 Å². The smallest absolute Gasteiger partial charge is 0.0136 e. The zero-order valence-electron chi connectivity index (χ0n) is 6.00. The topological polar surface area (TPSA) is 0 Å². The molecule has 0 N–H and O–H groups in total. The van der Waals surface area contributed by atoms with Crippen LogP contribution in [-0.2, 0) is 0 Å². The lowest BCUT2D eigenvalue weighted by Gasteiger charge is -1.92. The minimum Gasteiger partial charge on any atom is -0.175 e. The highest BCUT2D eigenvalue weighted by Crippen LogP contribution is 2.08. The van der Waals surface area contributed by atoms with Gasteiger partial charge in [-0.2, -0.15) is 12.6 Å². The molecule has 0 heterocycles. The summed E-state index contributed by atoms with van der Waals surface area (Å²) in [6, 6.07) is 8.36. The van der Waals surface area contributed by atoms with Crippen molar-refractivity contribution in [1.29, 1.82) is 0 Å². The van der Waals surface area contributed by atoms with Crippen LogP contribution in [0.5, 0.6) is 0 Å². The molecule has 0 aromatic heterocycles. The average Bonchev–Trinajstić information content (AvgIpc) is 2.01. The van der Waals surface area contributed by atoms with E-state index >= 15 is 0 Å². The van der Waals surface area contributed by atoms with Gasteiger partial charge in [-0.05, 0) is 40.3 Å². The molecule has 0 aliphatic carbocycles. The lowest BCUT2D eigenvalue weighted by Crippen LogP contribution is -1.73. The van der Waals surface area contributed by atoms with Crippen LogP contribution in [0.4, 0.5) is 0 Å². The van der Waals surface area contributed by atoms with Gasteiger partial charge in [-0.25, -0.2) is 0 Å². The fourth-order valence-electron chi connectivity index (χ4n) is 0.799. The van der Waals surface area contributed by atoms with Gasteiger partial charge in [0.1, 0.15) is 0 Å². The maximum absolute atomic E-state index is 4.09. The van der Waals surface area contributed by atoms with Gasteiger partial charge in [0.15, 0.2) is 0 Å². The van der Waals surface area contributed by atoms with Crippen molar-refractivity contribution in [2.45, 2.75) is 0 Å². The third-order valence-corrected chi connectivity index (χ3v) is 2.15. The predicted octanol–water partition coefficient (Wildman–Crippen LogP) is 3.23. The maximum Gasteiger partial charge on any atom is 0.0136 e. The summed E-state index contributed by atoms with van der Waals surface area (Å²) in [4.78, 5) is 0. The summed E-state index contributed by atoms with van der Waals surface area (Å²) in [6.45, 7) is 0. The summed E-state index contributed by atoms with van der Waals surface area (Å²) in [5.74, 6) is 0.797. The number of rotatable bonds is 2. The van der Waals surface area contributed by atoms with Gasteiger partial charge in [-0.15, -0.1) is 0 Å². The summed E-state index contributed by atoms with van der Waals surface area (Å²) in [7, 11) is 0. The van der Waals surface area contributed by atoms with Crippen molar-refractivity contribution >= 4 is 41.3 Å². The number of hydrogen-bond donors (Lipinski definition) is 1. The second-order valence-corrected chi connectivity index (χ2v) is 3.75. The third kappa shape index (κ3) is 3.29. The van der Waals surface area contributed by atoms with Crippen molar-refractivity contribution in [3.05, 3.63) is 39.5 Å². The first kappa shape index (κ1) is 9.13. The standard InChI is InChI=1S/C9H9IS/c10-9-5-1-3-8(7-9)4-2-6-11/h1-5,7,11H,6H2. The second kappa shape index (κ2) is 4.83. The fraction of sp³-hybridized carbons (Fsp3) is 0.111. The molecule has 1 aromatic rings. The molecule has 0 nitrogen and oxygen atoms in total. The monoisotopic (exact) mass is 276 g/mol. The van der Waals surface area contributed by atoms with Gasteiger partial charge in [-0.3, -0.25) is 0 Å². The van der Waals surface area contributed by atoms with E-state index in [0.717, 1.165) is 5.75 Å². The van der Waals surface area contributed by atoms with Crippen LogP contribution < -0.4 is 0 Å². The van der Waals surface area contributed by atoms with Crippen molar-refractivity contribution in [2.24, 2.45) is 0 Å². The first-order valence-corrected chi connectivity index (χ1v) is 5.07. The van der Waals surface area contributed by atoms with E-state index in [-0.39, 0.29) is 0 Å². The first-order chi connectivity index (χ1) is 5.33. The van der Waals surface area contributed by atoms with Crippen LogP contribution in [0.3, 0.4) is 0 Å². The lowest BCUT2D eigenvalue weighted by atomic mass is 10.2. The van der Waals surface area contributed by atoms with E-state index in [4.69, 9.17) is 0 Å². The number of hydrogen-bond acceptors (Lipinski definition) is 1. The second-order valence-electron chi connectivity index (χ2n) is 2.14. The van der Waals surface area contributed by atoms with Crippen LogP contribution in [-0.4, -0.2) is 5.75 Å². The SMILES string of the molecule is SCC=Cc1cccc(I)c1. The van der Waals surface area contributed by atoms with Gasteiger partial charge >= 0.3 is 0 Å². The van der Waals surface area contributed by atoms with E-state index in [1.54, 1.807) is 0 Å². The van der Waals surface area contributed by atoms with Gasteiger partial charge in [0.2, 0.25) is 0 Å². The molecule has 0 bridgehead atoms. The third-order valence-electron chi connectivity index (χ3n) is 1.26. The Morgan fingerprint density at radius 2 is 2.27 bits per heavy atom. The molecule has 0 radical (unpaired) electrons. The van der Waals surface area contributed by atoms with Crippen LogP contribution in [0, 0.1) is 3.57 Å².